The van der Waals surface area contributed by atoms with Crippen LogP contribution in [-0.4, -0.2) is 58.0 Å². The maximum Gasteiger partial charge on any atom is 0.322 e. The number of aliphatic carboxylic acids is 1. The van der Waals surface area contributed by atoms with Gasteiger partial charge < -0.3 is 9.84 Å². The van der Waals surface area contributed by atoms with E-state index in [-0.39, 0.29) is 35.0 Å². The van der Waals surface area contributed by atoms with E-state index in [9.17, 15) is 26.7 Å². The molecule has 0 saturated carbocycles. The molecule has 4 rings (SSSR count). The van der Waals surface area contributed by atoms with Gasteiger partial charge in [0, 0.05) is 18.0 Å². The van der Waals surface area contributed by atoms with E-state index in [1.807, 2.05) is 19.1 Å². The Balaban J connectivity index is 1.44. The van der Waals surface area contributed by atoms with E-state index in [0.29, 0.717) is 12.4 Å². The van der Waals surface area contributed by atoms with E-state index >= 15 is 0 Å². The fourth-order valence-electron chi connectivity index (χ4n) is 4.27. The molecule has 1 atom stereocenters. The van der Waals surface area contributed by atoms with Crippen molar-refractivity contribution in [2.24, 2.45) is 5.92 Å². The number of rotatable bonds is 10. The van der Waals surface area contributed by atoms with E-state index < -0.39 is 38.0 Å². The molecule has 1 aliphatic rings. The molecule has 198 valence electrons. The summed E-state index contributed by atoms with van der Waals surface area (Å²) >= 11 is 1.04. The van der Waals surface area contributed by atoms with Gasteiger partial charge in [-0.25, -0.2) is 16.8 Å². The van der Waals surface area contributed by atoms with Crippen molar-refractivity contribution in [3.8, 4) is 16.2 Å². The second kappa shape index (κ2) is 11.3. The Morgan fingerprint density at radius 1 is 1.03 bits per heavy atom. The van der Waals surface area contributed by atoms with E-state index in [2.05, 4.69) is 4.72 Å². The largest absolute Gasteiger partial charge is 0.494 e. The number of benzene rings is 2. The minimum Gasteiger partial charge on any atom is -0.494 e. The summed E-state index contributed by atoms with van der Waals surface area (Å²) in [6.07, 6.45) is 0.431. The highest BCUT2D eigenvalue weighted by molar-refractivity contribution is 7.91. The zero-order chi connectivity index (χ0) is 26.6. The Bertz CT molecular complexity index is 1430. The lowest BCUT2D eigenvalue weighted by Crippen LogP contribution is -2.50. The summed E-state index contributed by atoms with van der Waals surface area (Å²) in [5.41, 5.74) is 0.816. The summed E-state index contributed by atoms with van der Waals surface area (Å²) in [6, 6.07) is 17.1. The molecule has 1 fully saturated rings. The number of carbonyl (C=O) groups is 1. The van der Waals surface area contributed by atoms with Gasteiger partial charge in [-0.15, -0.1) is 11.3 Å². The van der Waals surface area contributed by atoms with Crippen LogP contribution in [0, 0.1) is 5.92 Å². The quantitative estimate of drug-likeness (QED) is 0.384. The number of thiophene rings is 1. The molecule has 0 aliphatic carbocycles. The van der Waals surface area contributed by atoms with Crippen LogP contribution in [0.15, 0.2) is 75.8 Å². The molecule has 0 radical (unpaired) electrons. The van der Waals surface area contributed by atoms with Crippen LogP contribution < -0.4 is 9.46 Å². The number of hydrogen-bond acceptors (Lipinski definition) is 7. The summed E-state index contributed by atoms with van der Waals surface area (Å²) in [4.78, 5) is 12.9. The van der Waals surface area contributed by atoms with Crippen molar-refractivity contribution in [1.82, 2.24) is 9.03 Å². The van der Waals surface area contributed by atoms with Gasteiger partial charge in [0.1, 0.15) is 16.0 Å². The molecular formula is C25H28N2O7S3. The maximum atomic E-state index is 13.1. The second-order valence-corrected chi connectivity index (χ2v) is 13.5. The molecule has 0 spiro atoms. The van der Waals surface area contributed by atoms with E-state index in [0.717, 1.165) is 21.8 Å². The van der Waals surface area contributed by atoms with Crippen molar-refractivity contribution >= 4 is 37.4 Å². The highest BCUT2D eigenvalue weighted by Gasteiger charge is 2.38. The Morgan fingerprint density at radius 2 is 1.68 bits per heavy atom. The van der Waals surface area contributed by atoms with Gasteiger partial charge in [0.25, 0.3) is 10.0 Å². The van der Waals surface area contributed by atoms with Crippen LogP contribution >= 0.6 is 11.3 Å². The average Bonchev–Trinajstić information content (AvgIpc) is 3.40. The van der Waals surface area contributed by atoms with Gasteiger partial charge in [0.05, 0.1) is 11.5 Å². The van der Waals surface area contributed by atoms with Crippen molar-refractivity contribution in [1.29, 1.82) is 0 Å². The van der Waals surface area contributed by atoms with Gasteiger partial charge in [-0.05, 0) is 79.8 Å². The molecule has 0 bridgehead atoms. The van der Waals surface area contributed by atoms with Crippen molar-refractivity contribution in [3.05, 3.63) is 66.7 Å². The second-order valence-electron chi connectivity index (χ2n) is 8.57. The molecule has 0 unspecified atom stereocenters. The number of ether oxygens (including phenoxy) is 1. The first-order valence-electron chi connectivity index (χ1n) is 11.7. The molecule has 37 heavy (non-hydrogen) atoms. The Morgan fingerprint density at radius 3 is 2.27 bits per heavy atom. The van der Waals surface area contributed by atoms with Gasteiger partial charge in [0.15, 0.2) is 0 Å². The molecule has 2 aromatic carbocycles. The number of hydrogen-bond donors (Lipinski definition) is 2. The van der Waals surface area contributed by atoms with Gasteiger partial charge >= 0.3 is 5.97 Å². The molecule has 3 aromatic rings. The zero-order valence-corrected chi connectivity index (χ0v) is 22.6. The fraction of sp³-hybridized carbons (Fsp3) is 0.320. The summed E-state index contributed by atoms with van der Waals surface area (Å²) in [7, 11) is -7.81. The third-order valence-corrected chi connectivity index (χ3v) is 11.2. The first-order valence-corrected chi connectivity index (χ1v) is 15.5. The molecule has 1 aliphatic heterocycles. The van der Waals surface area contributed by atoms with Gasteiger partial charge in [0.2, 0.25) is 10.0 Å². The number of piperidine rings is 1. The minimum absolute atomic E-state index is 0.00623. The van der Waals surface area contributed by atoms with Crippen LogP contribution in [0.3, 0.4) is 0 Å². The highest BCUT2D eigenvalue weighted by Crippen LogP contribution is 2.33. The van der Waals surface area contributed by atoms with Crippen LogP contribution in [-0.2, 0) is 24.8 Å². The van der Waals surface area contributed by atoms with Crippen molar-refractivity contribution in [2.75, 3.05) is 19.7 Å². The summed E-state index contributed by atoms with van der Waals surface area (Å²) < 4.78 is 61.0. The van der Waals surface area contributed by atoms with E-state index in [4.69, 9.17) is 4.74 Å². The number of nitrogens with zero attached hydrogens (tertiary/aromatic N) is 1. The van der Waals surface area contributed by atoms with Gasteiger partial charge in [-0.2, -0.15) is 9.03 Å². The van der Waals surface area contributed by atoms with Crippen LogP contribution in [0.1, 0.15) is 19.8 Å². The van der Waals surface area contributed by atoms with Crippen molar-refractivity contribution < 1.29 is 31.5 Å². The monoisotopic (exact) mass is 564 g/mol. The average molecular weight is 565 g/mol. The Kier molecular flexibility index (Phi) is 8.34. The van der Waals surface area contributed by atoms with Crippen molar-refractivity contribution in [2.45, 2.75) is 34.9 Å². The lowest BCUT2D eigenvalue weighted by Gasteiger charge is -2.34. The standard InChI is InChI=1S/C25H28N2O7S3/c1-2-34-20-10-8-18(9-11-20)22-12-13-23(35-22)36(30,31)26-24(25(28)29)19-14-16-27(17-15-19)37(32,33)21-6-4-3-5-7-21/h3-13,19,24,26H,2,14-17H2,1H3,(H,28,29)/t24-/m1/s1. The smallest absolute Gasteiger partial charge is 0.322 e. The third kappa shape index (κ3) is 6.21. The molecule has 2 heterocycles. The van der Waals surface area contributed by atoms with Crippen LogP contribution in [0.5, 0.6) is 5.75 Å². The summed E-state index contributed by atoms with van der Waals surface area (Å²) in [5.74, 6) is -1.14. The molecule has 9 nitrogen and oxygen atoms in total. The van der Waals surface area contributed by atoms with Crippen LogP contribution in [0.25, 0.3) is 10.4 Å². The number of carboxylic acids is 1. The lowest BCUT2D eigenvalue weighted by atomic mass is 9.91. The van der Waals surface area contributed by atoms with Crippen LogP contribution in [0.4, 0.5) is 0 Å². The Hall–Kier alpha value is -2.77. The molecule has 2 N–H and O–H groups in total. The van der Waals surface area contributed by atoms with Crippen molar-refractivity contribution in [3.63, 3.8) is 0 Å². The number of sulfonamides is 2. The fourth-order valence-corrected chi connectivity index (χ4v) is 8.34. The normalized spacial score (nSPS) is 16.4. The molecule has 1 aromatic heterocycles. The molecular weight excluding hydrogens is 536 g/mol. The molecule has 1 saturated heterocycles. The first-order chi connectivity index (χ1) is 17.6. The lowest BCUT2D eigenvalue weighted by molar-refractivity contribution is -0.140. The highest BCUT2D eigenvalue weighted by atomic mass is 32.2. The molecule has 0 amide bonds. The number of nitrogens with one attached hydrogen (secondary N) is 1. The van der Waals surface area contributed by atoms with Crippen LogP contribution in [0.2, 0.25) is 0 Å². The molecule has 12 heteroatoms. The minimum atomic E-state index is -4.11. The van der Waals surface area contributed by atoms with E-state index in [1.54, 1.807) is 36.4 Å². The Labute approximate surface area is 220 Å². The number of carboxylic acid groups (broad SMARTS) is 1. The maximum absolute atomic E-state index is 13.1. The third-order valence-electron chi connectivity index (χ3n) is 6.20. The first kappa shape index (κ1) is 27.3. The summed E-state index contributed by atoms with van der Waals surface area (Å²) in [6.45, 7) is 2.64. The van der Waals surface area contributed by atoms with E-state index in [1.165, 1.54) is 22.5 Å². The summed E-state index contributed by atoms with van der Waals surface area (Å²) in [5, 5.41) is 9.83. The predicted octanol–water partition coefficient (Wildman–Crippen LogP) is 3.65. The predicted molar refractivity (Wildman–Crippen MR) is 141 cm³/mol. The van der Waals surface area contributed by atoms with Gasteiger partial charge in [-0.3, -0.25) is 4.79 Å². The topological polar surface area (TPSA) is 130 Å². The SMILES string of the molecule is CCOc1ccc(-c2ccc(S(=O)(=O)N[C@@H](C(=O)O)C3CCN(S(=O)(=O)c4ccccc4)CC3)s2)cc1. The zero-order valence-electron chi connectivity index (χ0n) is 20.1. The van der Waals surface area contributed by atoms with Gasteiger partial charge in [-0.1, -0.05) is 18.2 Å².